The van der Waals surface area contributed by atoms with Crippen molar-refractivity contribution in [1.29, 1.82) is 0 Å². The van der Waals surface area contributed by atoms with E-state index in [4.69, 9.17) is 10.5 Å². The molecule has 23 heavy (non-hydrogen) atoms. The van der Waals surface area contributed by atoms with E-state index in [2.05, 4.69) is 24.3 Å². The summed E-state index contributed by atoms with van der Waals surface area (Å²) in [6, 6.07) is 16.8. The molecule has 0 spiro atoms. The monoisotopic (exact) mass is 307 g/mol. The van der Waals surface area contributed by atoms with E-state index in [0.717, 1.165) is 42.4 Å². The fourth-order valence-corrected chi connectivity index (χ4v) is 3.12. The summed E-state index contributed by atoms with van der Waals surface area (Å²) in [5, 5.41) is 0. The minimum absolute atomic E-state index is 0.210. The fourth-order valence-electron chi connectivity index (χ4n) is 3.12. The second-order valence-electron chi connectivity index (χ2n) is 6.83. The number of aldehydes is 1. The molecular formula is C20H21NO2. The zero-order valence-electron chi connectivity index (χ0n) is 13.1. The van der Waals surface area contributed by atoms with E-state index in [1.54, 1.807) is 0 Å². The average Bonchev–Trinajstić information content (AvgIpc) is 3.51. The van der Waals surface area contributed by atoms with Crippen LogP contribution in [-0.4, -0.2) is 12.3 Å². The number of carbonyl (C=O) groups is 1. The number of rotatable bonds is 6. The van der Waals surface area contributed by atoms with Crippen molar-refractivity contribution in [3.63, 3.8) is 0 Å². The third-order valence-corrected chi connectivity index (χ3v) is 5.10. The number of hydrogen-bond acceptors (Lipinski definition) is 3. The maximum absolute atomic E-state index is 11.1. The molecule has 2 aliphatic carbocycles. The van der Waals surface area contributed by atoms with Crippen LogP contribution in [0.15, 0.2) is 48.5 Å². The molecule has 3 nitrogen and oxygen atoms in total. The highest BCUT2D eigenvalue weighted by Crippen LogP contribution is 2.46. The minimum atomic E-state index is -0.210. The molecule has 0 amide bonds. The Kier molecular flexibility index (Phi) is 3.46. The van der Waals surface area contributed by atoms with Gasteiger partial charge in [-0.05, 0) is 48.1 Å². The Morgan fingerprint density at radius 1 is 1.09 bits per heavy atom. The van der Waals surface area contributed by atoms with Crippen LogP contribution in [0, 0.1) is 0 Å². The van der Waals surface area contributed by atoms with E-state index in [0.29, 0.717) is 18.6 Å². The van der Waals surface area contributed by atoms with Crippen LogP contribution in [0.2, 0.25) is 0 Å². The van der Waals surface area contributed by atoms with Crippen LogP contribution in [0.1, 0.15) is 41.9 Å². The highest BCUT2D eigenvalue weighted by atomic mass is 16.5. The first kappa shape index (κ1) is 14.5. The van der Waals surface area contributed by atoms with E-state index >= 15 is 0 Å². The number of benzene rings is 2. The van der Waals surface area contributed by atoms with Crippen molar-refractivity contribution in [2.75, 3.05) is 0 Å². The summed E-state index contributed by atoms with van der Waals surface area (Å²) in [6.45, 7) is 0.551. The van der Waals surface area contributed by atoms with Crippen molar-refractivity contribution in [1.82, 2.24) is 0 Å². The highest BCUT2D eigenvalue weighted by molar-refractivity contribution is 5.73. The zero-order valence-corrected chi connectivity index (χ0v) is 13.1. The van der Waals surface area contributed by atoms with Gasteiger partial charge in [-0.3, -0.25) is 0 Å². The molecule has 2 fully saturated rings. The van der Waals surface area contributed by atoms with Gasteiger partial charge in [-0.2, -0.15) is 0 Å². The molecule has 0 unspecified atom stereocenters. The Labute approximate surface area is 136 Å². The lowest BCUT2D eigenvalue weighted by atomic mass is 9.98. The van der Waals surface area contributed by atoms with Crippen molar-refractivity contribution >= 4 is 6.29 Å². The average molecular weight is 307 g/mol. The third kappa shape index (κ3) is 2.89. The first-order valence-corrected chi connectivity index (χ1v) is 8.24. The zero-order chi connectivity index (χ0) is 15.9. The summed E-state index contributed by atoms with van der Waals surface area (Å²) in [7, 11) is 0. The van der Waals surface area contributed by atoms with Gasteiger partial charge in [-0.25, -0.2) is 0 Å². The quantitative estimate of drug-likeness (QED) is 0.833. The molecule has 2 saturated carbocycles. The molecule has 0 aliphatic heterocycles. The van der Waals surface area contributed by atoms with Crippen molar-refractivity contribution < 1.29 is 9.53 Å². The second kappa shape index (κ2) is 5.50. The van der Waals surface area contributed by atoms with Crippen molar-refractivity contribution in [3.05, 3.63) is 65.2 Å². The summed E-state index contributed by atoms with van der Waals surface area (Å²) in [6.07, 6.45) is 4.11. The van der Waals surface area contributed by atoms with E-state index in [-0.39, 0.29) is 5.41 Å². The molecule has 0 bridgehead atoms. The molecule has 118 valence electrons. The summed E-state index contributed by atoms with van der Waals surface area (Å²) < 4.78 is 5.84. The minimum Gasteiger partial charge on any atom is -0.489 e. The predicted octanol–water partition coefficient (Wildman–Crippen LogP) is 3.31. The molecule has 0 radical (unpaired) electrons. The molecule has 2 aromatic rings. The first-order chi connectivity index (χ1) is 11.2. The van der Waals surface area contributed by atoms with Gasteiger partial charge in [-0.1, -0.05) is 36.4 Å². The van der Waals surface area contributed by atoms with Crippen molar-refractivity contribution in [2.45, 2.75) is 43.2 Å². The van der Waals surface area contributed by atoms with E-state index in [1.807, 2.05) is 24.3 Å². The normalized spacial score (nSPS) is 24.0. The van der Waals surface area contributed by atoms with Gasteiger partial charge < -0.3 is 15.3 Å². The second-order valence-corrected chi connectivity index (χ2v) is 6.83. The van der Waals surface area contributed by atoms with Crippen molar-refractivity contribution in [3.8, 4) is 5.75 Å². The summed E-state index contributed by atoms with van der Waals surface area (Å²) in [4.78, 5) is 11.1. The lowest BCUT2D eigenvalue weighted by Crippen LogP contribution is -2.07. The van der Waals surface area contributed by atoms with Gasteiger partial charge in [0, 0.05) is 12.0 Å². The molecular weight excluding hydrogens is 286 g/mol. The molecule has 2 atom stereocenters. The van der Waals surface area contributed by atoms with E-state index in [9.17, 15) is 4.79 Å². The Balaban J connectivity index is 1.36. The standard InChI is InChI=1S/C20H21NO2/c21-19-11-18(19)15-3-1-14(2-4-15)12-23-17-7-5-16(6-8-17)20(13-22)9-10-20/h1-8,13,18-19H,9-12,21H2/t18-,19+/m1/s1. The van der Waals surface area contributed by atoms with Crippen LogP contribution in [0.3, 0.4) is 0 Å². The molecule has 4 rings (SSSR count). The maximum Gasteiger partial charge on any atom is 0.130 e. The van der Waals surface area contributed by atoms with Crippen molar-refractivity contribution in [2.24, 2.45) is 5.73 Å². The number of carbonyl (C=O) groups excluding carboxylic acids is 1. The van der Waals surface area contributed by atoms with Gasteiger partial charge in [0.25, 0.3) is 0 Å². The number of hydrogen-bond donors (Lipinski definition) is 1. The molecule has 0 saturated heterocycles. The Hall–Kier alpha value is -2.13. The van der Waals surface area contributed by atoms with Gasteiger partial charge in [-0.15, -0.1) is 0 Å². The Bertz CT molecular complexity index is 701. The largest absolute Gasteiger partial charge is 0.489 e. The summed E-state index contributed by atoms with van der Waals surface area (Å²) >= 11 is 0. The molecule has 2 aliphatic rings. The number of ether oxygens (including phenoxy) is 1. The lowest BCUT2D eigenvalue weighted by molar-refractivity contribution is -0.109. The van der Waals surface area contributed by atoms with Gasteiger partial charge in [0.2, 0.25) is 0 Å². The Morgan fingerprint density at radius 3 is 2.26 bits per heavy atom. The van der Waals surface area contributed by atoms with Gasteiger partial charge in [0.1, 0.15) is 18.6 Å². The van der Waals surface area contributed by atoms with Crippen LogP contribution in [-0.2, 0) is 16.8 Å². The highest BCUT2D eigenvalue weighted by Gasteiger charge is 2.44. The summed E-state index contributed by atoms with van der Waals surface area (Å²) in [5.74, 6) is 1.38. The maximum atomic E-state index is 11.1. The molecule has 0 heterocycles. The van der Waals surface area contributed by atoms with Crippen LogP contribution in [0.4, 0.5) is 0 Å². The molecule has 3 heteroatoms. The number of nitrogens with two attached hydrogens (primary N) is 1. The Morgan fingerprint density at radius 2 is 1.74 bits per heavy atom. The van der Waals surface area contributed by atoms with E-state index in [1.165, 1.54) is 5.56 Å². The van der Waals surface area contributed by atoms with Crippen LogP contribution >= 0.6 is 0 Å². The molecule has 2 N–H and O–H groups in total. The lowest BCUT2D eigenvalue weighted by Gasteiger charge is -2.10. The molecule has 0 aromatic heterocycles. The molecule has 2 aromatic carbocycles. The third-order valence-electron chi connectivity index (χ3n) is 5.10. The van der Waals surface area contributed by atoms with Gasteiger partial charge in [0.15, 0.2) is 0 Å². The topological polar surface area (TPSA) is 52.3 Å². The van der Waals surface area contributed by atoms with Crippen LogP contribution in [0.25, 0.3) is 0 Å². The van der Waals surface area contributed by atoms with Crippen LogP contribution in [0.5, 0.6) is 5.75 Å². The van der Waals surface area contributed by atoms with Gasteiger partial charge >= 0.3 is 0 Å². The SMILES string of the molecule is N[C@H]1C[C@@H]1c1ccc(COc2ccc(C3(C=O)CC3)cc2)cc1. The fraction of sp³-hybridized carbons (Fsp3) is 0.350. The summed E-state index contributed by atoms with van der Waals surface area (Å²) in [5.41, 5.74) is 9.25. The van der Waals surface area contributed by atoms with E-state index < -0.39 is 0 Å². The smallest absolute Gasteiger partial charge is 0.130 e. The predicted molar refractivity (Wildman–Crippen MR) is 89.5 cm³/mol. The first-order valence-electron chi connectivity index (χ1n) is 8.24. The van der Waals surface area contributed by atoms with Crippen LogP contribution < -0.4 is 10.5 Å². The van der Waals surface area contributed by atoms with Gasteiger partial charge in [0.05, 0.1) is 5.41 Å².